The standard InChI is InChI=1S/C14H20N2O/c1-11(2)5-4-8-16-13-7-6-12(10-15)9-14(13)17-3/h6-7,9,11,16H,4-5,8H2,1-3H3. The third kappa shape index (κ3) is 4.36. The lowest BCUT2D eigenvalue weighted by molar-refractivity contribution is 0.416. The number of nitriles is 1. The lowest BCUT2D eigenvalue weighted by Crippen LogP contribution is -2.04. The molecule has 0 amide bonds. The van der Waals surface area contributed by atoms with E-state index in [4.69, 9.17) is 10.00 Å². The largest absolute Gasteiger partial charge is 0.495 e. The Morgan fingerprint density at radius 3 is 2.76 bits per heavy atom. The second-order valence-electron chi connectivity index (χ2n) is 4.49. The minimum atomic E-state index is 0.620. The minimum absolute atomic E-state index is 0.620. The van der Waals surface area contributed by atoms with Gasteiger partial charge in [-0.2, -0.15) is 5.26 Å². The number of hydrogen-bond donors (Lipinski definition) is 1. The Bertz CT molecular complexity index is 394. The Morgan fingerprint density at radius 1 is 1.41 bits per heavy atom. The monoisotopic (exact) mass is 232 g/mol. The van der Waals surface area contributed by atoms with Crippen molar-refractivity contribution in [1.29, 1.82) is 5.26 Å². The number of ether oxygens (including phenoxy) is 1. The Balaban J connectivity index is 2.56. The van der Waals surface area contributed by atoms with Gasteiger partial charge < -0.3 is 10.1 Å². The van der Waals surface area contributed by atoms with E-state index in [0.717, 1.165) is 30.3 Å². The van der Waals surface area contributed by atoms with Crippen molar-refractivity contribution in [3.05, 3.63) is 23.8 Å². The van der Waals surface area contributed by atoms with Crippen molar-refractivity contribution in [2.45, 2.75) is 26.7 Å². The molecule has 1 rings (SSSR count). The highest BCUT2D eigenvalue weighted by molar-refractivity contribution is 5.59. The molecule has 0 radical (unpaired) electrons. The van der Waals surface area contributed by atoms with Gasteiger partial charge in [-0.3, -0.25) is 0 Å². The van der Waals surface area contributed by atoms with Gasteiger partial charge >= 0.3 is 0 Å². The molecule has 3 nitrogen and oxygen atoms in total. The van der Waals surface area contributed by atoms with Crippen molar-refractivity contribution in [1.82, 2.24) is 0 Å². The molecule has 17 heavy (non-hydrogen) atoms. The van der Waals surface area contributed by atoms with Crippen LogP contribution in [0.2, 0.25) is 0 Å². The second kappa shape index (κ2) is 6.80. The smallest absolute Gasteiger partial charge is 0.143 e. The molecule has 0 unspecified atom stereocenters. The van der Waals surface area contributed by atoms with E-state index >= 15 is 0 Å². The molecular weight excluding hydrogens is 212 g/mol. The molecule has 92 valence electrons. The van der Waals surface area contributed by atoms with Gasteiger partial charge in [-0.25, -0.2) is 0 Å². The normalized spacial score (nSPS) is 10.1. The number of anilines is 1. The molecular formula is C14H20N2O. The summed E-state index contributed by atoms with van der Waals surface area (Å²) in [7, 11) is 1.62. The Labute approximate surface area is 103 Å². The maximum absolute atomic E-state index is 8.80. The van der Waals surface area contributed by atoms with E-state index in [1.807, 2.05) is 6.07 Å². The summed E-state index contributed by atoms with van der Waals surface area (Å²) in [5.74, 6) is 1.47. The van der Waals surface area contributed by atoms with Crippen LogP contribution >= 0.6 is 0 Å². The van der Waals surface area contributed by atoms with Gasteiger partial charge in [-0.1, -0.05) is 13.8 Å². The van der Waals surface area contributed by atoms with Crippen LogP contribution in [0.3, 0.4) is 0 Å². The average Bonchev–Trinajstić information content (AvgIpc) is 2.34. The molecule has 0 atom stereocenters. The quantitative estimate of drug-likeness (QED) is 0.764. The van der Waals surface area contributed by atoms with Crippen LogP contribution in [-0.4, -0.2) is 13.7 Å². The van der Waals surface area contributed by atoms with E-state index in [-0.39, 0.29) is 0 Å². The van der Waals surface area contributed by atoms with Crippen LogP contribution in [0.15, 0.2) is 18.2 Å². The van der Waals surface area contributed by atoms with Gasteiger partial charge in [-0.05, 0) is 30.9 Å². The number of benzene rings is 1. The molecule has 3 heteroatoms. The summed E-state index contributed by atoms with van der Waals surface area (Å²) in [5, 5.41) is 12.1. The number of rotatable bonds is 6. The Kier molecular flexibility index (Phi) is 5.35. The Morgan fingerprint density at radius 2 is 2.18 bits per heavy atom. The Hall–Kier alpha value is -1.69. The lowest BCUT2D eigenvalue weighted by atomic mass is 10.1. The highest BCUT2D eigenvalue weighted by atomic mass is 16.5. The van der Waals surface area contributed by atoms with Crippen LogP contribution in [0.5, 0.6) is 5.75 Å². The lowest BCUT2D eigenvalue weighted by Gasteiger charge is -2.11. The van der Waals surface area contributed by atoms with Crippen LogP contribution in [0, 0.1) is 17.2 Å². The van der Waals surface area contributed by atoms with E-state index in [1.54, 1.807) is 19.2 Å². The van der Waals surface area contributed by atoms with Crippen LogP contribution in [0.25, 0.3) is 0 Å². The first-order valence-corrected chi connectivity index (χ1v) is 5.99. The minimum Gasteiger partial charge on any atom is -0.495 e. The molecule has 0 fully saturated rings. The number of methoxy groups -OCH3 is 1. The van der Waals surface area contributed by atoms with Gasteiger partial charge in [0.1, 0.15) is 5.75 Å². The summed E-state index contributed by atoms with van der Waals surface area (Å²) in [6, 6.07) is 7.55. The fraction of sp³-hybridized carbons (Fsp3) is 0.500. The maximum Gasteiger partial charge on any atom is 0.143 e. The second-order valence-corrected chi connectivity index (χ2v) is 4.49. The number of hydrogen-bond acceptors (Lipinski definition) is 3. The molecule has 0 aliphatic heterocycles. The van der Waals surface area contributed by atoms with E-state index < -0.39 is 0 Å². The molecule has 1 aromatic rings. The summed E-state index contributed by atoms with van der Waals surface area (Å²) in [6.45, 7) is 5.38. The van der Waals surface area contributed by atoms with Crippen molar-refractivity contribution >= 4 is 5.69 Å². The SMILES string of the molecule is COc1cc(C#N)ccc1NCCCC(C)C. The van der Waals surface area contributed by atoms with Gasteiger partial charge in [0.05, 0.1) is 24.4 Å². The number of nitrogens with zero attached hydrogens (tertiary/aromatic N) is 1. The molecule has 0 aliphatic carbocycles. The van der Waals surface area contributed by atoms with E-state index in [1.165, 1.54) is 6.42 Å². The summed E-state index contributed by atoms with van der Waals surface area (Å²) in [4.78, 5) is 0. The van der Waals surface area contributed by atoms with Crippen molar-refractivity contribution in [2.75, 3.05) is 19.0 Å². The third-order valence-corrected chi connectivity index (χ3v) is 2.60. The third-order valence-electron chi connectivity index (χ3n) is 2.60. The first-order chi connectivity index (χ1) is 8.17. The van der Waals surface area contributed by atoms with Crippen LogP contribution in [0.4, 0.5) is 5.69 Å². The van der Waals surface area contributed by atoms with Gasteiger partial charge in [0.2, 0.25) is 0 Å². The van der Waals surface area contributed by atoms with Crippen LogP contribution < -0.4 is 10.1 Å². The predicted octanol–water partition coefficient (Wildman–Crippen LogP) is 3.41. The molecule has 1 N–H and O–H groups in total. The summed E-state index contributed by atoms with van der Waals surface area (Å²) >= 11 is 0. The summed E-state index contributed by atoms with van der Waals surface area (Å²) in [5.41, 5.74) is 1.57. The van der Waals surface area contributed by atoms with Crippen LogP contribution in [-0.2, 0) is 0 Å². The van der Waals surface area contributed by atoms with Gasteiger partial charge in [0.15, 0.2) is 0 Å². The van der Waals surface area contributed by atoms with Crippen molar-refractivity contribution < 1.29 is 4.74 Å². The zero-order valence-corrected chi connectivity index (χ0v) is 10.8. The molecule has 1 aromatic carbocycles. The van der Waals surface area contributed by atoms with Crippen molar-refractivity contribution in [3.63, 3.8) is 0 Å². The number of nitrogens with one attached hydrogen (secondary N) is 1. The van der Waals surface area contributed by atoms with Gasteiger partial charge in [0.25, 0.3) is 0 Å². The summed E-state index contributed by atoms with van der Waals surface area (Å²) in [6.07, 6.45) is 2.35. The molecule has 0 bridgehead atoms. The highest BCUT2D eigenvalue weighted by Crippen LogP contribution is 2.25. The van der Waals surface area contributed by atoms with Crippen LogP contribution in [0.1, 0.15) is 32.3 Å². The molecule has 0 heterocycles. The van der Waals surface area contributed by atoms with E-state index in [2.05, 4.69) is 25.2 Å². The first-order valence-electron chi connectivity index (χ1n) is 5.99. The zero-order valence-electron chi connectivity index (χ0n) is 10.8. The predicted molar refractivity (Wildman–Crippen MR) is 70.3 cm³/mol. The average molecular weight is 232 g/mol. The maximum atomic E-state index is 8.80. The van der Waals surface area contributed by atoms with Gasteiger partial charge in [-0.15, -0.1) is 0 Å². The fourth-order valence-corrected chi connectivity index (χ4v) is 1.64. The molecule has 0 spiro atoms. The van der Waals surface area contributed by atoms with E-state index in [0.29, 0.717) is 5.56 Å². The summed E-state index contributed by atoms with van der Waals surface area (Å²) < 4.78 is 5.25. The van der Waals surface area contributed by atoms with Gasteiger partial charge in [0, 0.05) is 12.6 Å². The molecule has 0 aliphatic rings. The fourth-order valence-electron chi connectivity index (χ4n) is 1.64. The topological polar surface area (TPSA) is 45.0 Å². The van der Waals surface area contributed by atoms with Crippen molar-refractivity contribution in [2.24, 2.45) is 5.92 Å². The first kappa shape index (κ1) is 13.4. The van der Waals surface area contributed by atoms with Crippen molar-refractivity contribution in [3.8, 4) is 11.8 Å². The molecule has 0 aromatic heterocycles. The zero-order chi connectivity index (χ0) is 12.7. The molecule has 0 saturated carbocycles. The highest BCUT2D eigenvalue weighted by Gasteiger charge is 2.03. The molecule has 0 saturated heterocycles. The van der Waals surface area contributed by atoms with E-state index in [9.17, 15) is 0 Å².